The maximum atomic E-state index is 12.4. The Morgan fingerprint density at radius 2 is 1.88 bits per heavy atom. The van der Waals surface area contributed by atoms with Crippen LogP contribution in [0.5, 0.6) is 0 Å². The molecule has 0 aromatic heterocycles. The van der Waals surface area contributed by atoms with E-state index in [-0.39, 0.29) is 43.9 Å². The van der Waals surface area contributed by atoms with Crippen molar-refractivity contribution in [1.82, 2.24) is 10.2 Å². The zero-order chi connectivity index (χ0) is 26.1. The number of hydrogen-bond acceptors (Lipinski definition) is 5. The van der Waals surface area contributed by atoms with Crippen LogP contribution in [-0.2, 0) is 23.9 Å². The van der Waals surface area contributed by atoms with E-state index in [4.69, 9.17) is 9.47 Å². The van der Waals surface area contributed by atoms with Gasteiger partial charge in [-0.25, -0.2) is 4.79 Å². The van der Waals surface area contributed by atoms with Crippen LogP contribution in [-0.4, -0.2) is 66.2 Å². The molecule has 3 unspecified atom stereocenters. The zero-order valence-corrected chi connectivity index (χ0v) is 22.1. The minimum absolute atomic E-state index is 0.000299. The Morgan fingerprint density at radius 1 is 1.24 bits per heavy atom. The van der Waals surface area contributed by atoms with E-state index >= 15 is 0 Å². The second-order valence-corrected chi connectivity index (χ2v) is 8.89. The molecular formula is C26H46N2O6. The van der Waals surface area contributed by atoms with Crippen molar-refractivity contribution in [2.24, 2.45) is 11.8 Å². The molecule has 2 amide bonds. The van der Waals surface area contributed by atoms with Gasteiger partial charge >= 0.3 is 5.97 Å². The van der Waals surface area contributed by atoms with Crippen molar-refractivity contribution in [2.75, 3.05) is 26.3 Å². The molecular weight excluding hydrogens is 436 g/mol. The number of nitrogens with one attached hydrogen (secondary N) is 1. The third-order valence-electron chi connectivity index (χ3n) is 4.81. The van der Waals surface area contributed by atoms with E-state index in [1.807, 2.05) is 45.9 Å². The zero-order valence-electron chi connectivity index (χ0n) is 22.1. The lowest BCUT2D eigenvalue weighted by Crippen LogP contribution is -2.45. The van der Waals surface area contributed by atoms with Gasteiger partial charge in [0.2, 0.25) is 11.8 Å². The molecule has 2 heterocycles. The van der Waals surface area contributed by atoms with Crippen molar-refractivity contribution in [3.05, 3.63) is 24.0 Å². The van der Waals surface area contributed by atoms with E-state index in [9.17, 15) is 19.5 Å². The second-order valence-electron chi connectivity index (χ2n) is 8.89. The summed E-state index contributed by atoms with van der Waals surface area (Å²) in [5.74, 6) is -0.0230. The summed E-state index contributed by atoms with van der Waals surface area (Å²) in [6.45, 7) is 15.4. The lowest BCUT2D eigenvalue weighted by Gasteiger charge is -2.21. The summed E-state index contributed by atoms with van der Waals surface area (Å²) in [7, 11) is 0. The quantitative estimate of drug-likeness (QED) is 0.612. The van der Waals surface area contributed by atoms with Gasteiger partial charge in [-0.3, -0.25) is 9.59 Å². The molecule has 0 aromatic carbocycles. The fourth-order valence-electron chi connectivity index (χ4n) is 3.27. The van der Waals surface area contributed by atoms with Gasteiger partial charge in [0.05, 0.1) is 31.6 Å². The van der Waals surface area contributed by atoms with Crippen LogP contribution in [0.2, 0.25) is 0 Å². The summed E-state index contributed by atoms with van der Waals surface area (Å²) >= 11 is 0. The molecule has 8 nitrogen and oxygen atoms in total. The Morgan fingerprint density at radius 3 is 2.47 bits per heavy atom. The number of nitrogens with zero attached hydrogens (tertiary/aromatic N) is 1. The molecule has 1 fully saturated rings. The molecule has 8 heteroatoms. The van der Waals surface area contributed by atoms with E-state index in [1.165, 1.54) is 4.90 Å². The Bertz CT molecular complexity index is 671. The van der Waals surface area contributed by atoms with E-state index in [0.29, 0.717) is 19.6 Å². The van der Waals surface area contributed by atoms with Crippen molar-refractivity contribution in [3.63, 3.8) is 0 Å². The molecule has 2 N–H and O–H groups in total. The molecule has 2 aliphatic rings. The first-order valence-electron chi connectivity index (χ1n) is 12.5. The van der Waals surface area contributed by atoms with Gasteiger partial charge in [0, 0.05) is 32.2 Å². The molecule has 34 heavy (non-hydrogen) atoms. The molecule has 1 saturated heterocycles. The average molecular weight is 483 g/mol. The van der Waals surface area contributed by atoms with Gasteiger partial charge in [0.1, 0.15) is 6.04 Å². The Kier molecular flexibility index (Phi) is 16.8. The van der Waals surface area contributed by atoms with E-state index in [1.54, 1.807) is 0 Å². The topological polar surface area (TPSA) is 105 Å². The minimum atomic E-state index is -1.06. The summed E-state index contributed by atoms with van der Waals surface area (Å²) in [5.41, 5.74) is 0. The van der Waals surface area contributed by atoms with Gasteiger partial charge in [0.15, 0.2) is 0 Å². The average Bonchev–Trinajstić information content (AvgIpc) is 3.21. The Balaban J connectivity index is 0.00000164. The van der Waals surface area contributed by atoms with Crippen LogP contribution in [0.15, 0.2) is 24.0 Å². The predicted molar refractivity (Wildman–Crippen MR) is 134 cm³/mol. The van der Waals surface area contributed by atoms with Gasteiger partial charge in [-0.2, -0.15) is 0 Å². The normalized spacial score (nSPS) is 26.8. The van der Waals surface area contributed by atoms with Crippen molar-refractivity contribution >= 4 is 17.8 Å². The van der Waals surface area contributed by atoms with Crippen molar-refractivity contribution in [2.45, 2.75) is 86.3 Å². The van der Waals surface area contributed by atoms with Crippen LogP contribution >= 0.6 is 0 Å². The SMILES string of the molecule is CC.CC(C)C.CC/C1=C\C=C/C(C)CC(=O)NCC(=O)N2CC(CC2C(=O)O)OCCCO1. The summed E-state index contributed by atoms with van der Waals surface area (Å²) in [5, 5.41) is 12.0. The number of carbonyl (C=O) groups excluding carboxylic acids is 2. The first kappa shape index (κ1) is 31.6. The number of carboxylic acid groups (broad SMARTS) is 1. The van der Waals surface area contributed by atoms with Crippen molar-refractivity contribution < 1.29 is 29.0 Å². The highest BCUT2D eigenvalue weighted by molar-refractivity contribution is 5.88. The number of amides is 2. The molecule has 2 rings (SSSR count). The number of hydrogen-bond donors (Lipinski definition) is 2. The van der Waals surface area contributed by atoms with E-state index in [0.717, 1.165) is 18.1 Å². The number of carboxylic acids is 1. The van der Waals surface area contributed by atoms with Crippen molar-refractivity contribution in [3.8, 4) is 0 Å². The van der Waals surface area contributed by atoms with Crippen LogP contribution < -0.4 is 5.32 Å². The highest BCUT2D eigenvalue weighted by Gasteiger charge is 2.40. The highest BCUT2D eigenvalue weighted by Crippen LogP contribution is 2.21. The van der Waals surface area contributed by atoms with Gasteiger partial charge in [0.25, 0.3) is 0 Å². The lowest BCUT2D eigenvalue weighted by molar-refractivity contribution is -0.148. The fraction of sp³-hybridized carbons (Fsp3) is 0.731. The first-order chi connectivity index (χ1) is 16.1. The first-order valence-corrected chi connectivity index (χ1v) is 12.5. The molecule has 3 atom stereocenters. The summed E-state index contributed by atoms with van der Waals surface area (Å²) in [6.07, 6.45) is 7.29. The molecule has 0 aliphatic carbocycles. The molecule has 0 saturated carbocycles. The molecule has 2 bridgehead atoms. The number of rotatable bonds is 2. The fourth-order valence-corrected chi connectivity index (χ4v) is 3.27. The van der Waals surface area contributed by atoms with E-state index in [2.05, 4.69) is 26.1 Å². The molecule has 0 aromatic rings. The maximum Gasteiger partial charge on any atom is 0.326 e. The number of allylic oxidation sites excluding steroid dienone is 4. The second kappa shape index (κ2) is 18.0. The van der Waals surface area contributed by atoms with Gasteiger partial charge < -0.3 is 24.8 Å². The summed E-state index contributed by atoms with van der Waals surface area (Å²) in [4.78, 5) is 37.3. The number of ether oxygens (including phenoxy) is 2. The molecule has 0 spiro atoms. The van der Waals surface area contributed by atoms with Gasteiger partial charge in [-0.1, -0.05) is 60.6 Å². The molecule has 196 valence electrons. The van der Waals surface area contributed by atoms with Crippen LogP contribution in [0.4, 0.5) is 0 Å². The number of aliphatic carboxylic acids is 1. The smallest absolute Gasteiger partial charge is 0.326 e. The van der Waals surface area contributed by atoms with Crippen LogP contribution in [0.3, 0.4) is 0 Å². The van der Waals surface area contributed by atoms with Crippen LogP contribution in [0.25, 0.3) is 0 Å². The maximum absolute atomic E-state index is 12.4. The van der Waals surface area contributed by atoms with Gasteiger partial charge in [-0.15, -0.1) is 0 Å². The van der Waals surface area contributed by atoms with Gasteiger partial charge in [-0.05, 0) is 17.9 Å². The Labute approximate surface area is 205 Å². The largest absolute Gasteiger partial charge is 0.498 e. The van der Waals surface area contributed by atoms with Crippen molar-refractivity contribution in [1.29, 1.82) is 0 Å². The Hall–Kier alpha value is -2.35. The predicted octanol–water partition coefficient (Wildman–Crippen LogP) is 4.16. The summed E-state index contributed by atoms with van der Waals surface area (Å²) < 4.78 is 11.5. The van der Waals surface area contributed by atoms with Crippen LogP contribution in [0.1, 0.15) is 74.1 Å². The monoisotopic (exact) mass is 482 g/mol. The van der Waals surface area contributed by atoms with Crippen LogP contribution in [0, 0.1) is 11.8 Å². The minimum Gasteiger partial charge on any atom is -0.498 e. The molecule has 2 aliphatic heterocycles. The van der Waals surface area contributed by atoms with E-state index < -0.39 is 17.9 Å². The molecule has 0 radical (unpaired) electrons. The highest BCUT2D eigenvalue weighted by atomic mass is 16.5. The summed E-state index contributed by atoms with van der Waals surface area (Å²) in [6, 6.07) is -0.927. The standard InChI is InChI=1S/C20H30N2O6.C4H10.C2H6/c1-3-15-7-4-6-14(2)10-18(23)21-12-19(24)22-13-16(11-17(22)20(25)26)28-9-5-8-27-15;1-4(2)3;1-2/h4,6-7,14,16-17H,3,5,8-13H2,1-2H3,(H,21,23)(H,25,26);4H,1-3H3;1-2H3/b6-4-,15-7+;;. The lowest BCUT2D eigenvalue weighted by atomic mass is 10.1. The third kappa shape index (κ3) is 13.4. The number of carbonyl (C=O) groups is 3. The third-order valence-corrected chi connectivity index (χ3v) is 4.81. The number of fused-ring (bicyclic) bond motifs is 2.